The van der Waals surface area contributed by atoms with E-state index in [2.05, 4.69) is 10.2 Å². The van der Waals surface area contributed by atoms with Gasteiger partial charge in [-0.05, 0) is 44.9 Å². The second kappa shape index (κ2) is 4.77. The molecule has 4 fully saturated rings. The van der Waals surface area contributed by atoms with Crippen molar-refractivity contribution < 1.29 is 4.74 Å². The highest BCUT2D eigenvalue weighted by atomic mass is 16.5. The summed E-state index contributed by atoms with van der Waals surface area (Å²) in [6, 6.07) is 2.45. The van der Waals surface area contributed by atoms with Crippen LogP contribution in [0.1, 0.15) is 44.9 Å². The van der Waals surface area contributed by atoms with E-state index in [0.29, 0.717) is 6.10 Å². The molecule has 4 aliphatic rings. The maximum atomic E-state index is 5.87. The Labute approximate surface area is 110 Å². The van der Waals surface area contributed by atoms with Crippen LogP contribution in [-0.4, -0.2) is 48.8 Å². The number of likely N-dealkylation sites (tertiary alicyclic amines) is 1. The van der Waals surface area contributed by atoms with E-state index < -0.39 is 0 Å². The highest BCUT2D eigenvalue weighted by molar-refractivity contribution is 4.96. The summed E-state index contributed by atoms with van der Waals surface area (Å²) in [5.74, 6) is 0.814. The molecule has 102 valence electrons. The number of hydrogen-bond acceptors (Lipinski definition) is 3. The number of nitrogens with one attached hydrogen (secondary N) is 1. The fraction of sp³-hybridized carbons (Fsp3) is 1.00. The molecule has 3 heteroatoms. The van der Waals surface area contributed by atoms with Gasteiger partial charge in [0.2, 0.25) is 0 Å². The molecular weight excluding hydrogens is 224 g/mol. The summed E-state index contributed by atoms with van der Waals surface area (Å²) in [7, 11) is 0. The summed E-state index contributed by atoms with van der Waals surface area (Å²) >= 11 is 0. The molecule has 18 heavy (non-hydrogen) atoms. The van der Waals surface area contributed by atoms with Crippen molar-refractivity contribution in [2.45, 2.75) is 69.2 Å². The first-order valence-corrected chi connectivity index (χ1v) is 8.02. The molecular formula is C15H26N2O. The van der Waals surface area contributed by atoms with Crippen LogP contribution in [0.3, 0.4) is 0 Å². The largest absolute Gasteiger partial charge is 0.378 e. The molecule has 0 bridgehead atoms. The molecule has 2 saturated carbocycles. The number of fused-ring (bicyclic) bond motifs is 1. The van der Waals surface area contributed by atoms with Gasteiger partial charge in [0.25, 0.3) is 0 Å². The van der Waals surface area contributed by atoms with Gasteiger partial charge < -0.3 is 10.1 Å². The predicted molar refractivity (Wildman–Crippen MR) is 71.6 cm³/mol. The summed E-state index contributed by atoms with van der Waals surface area (Å²) in [6.45, 7) is 3.64. The Morgan fingerprint density at radius 3 is 2.83 bits per heavy atom. The lowest BCUT2D eigenvalue weighted by Gasteiger charge is -2.35. The third-order valence-electron chi connectivity index (χ3n) is 5.51. The highest BCUT2D eigenvalue weighted by Crippen LogP contribution is 2.35. The van der Waals surface area contributed by atoms with Crippen LogP contribution in [0.25, 0.3) is 0 Å². The van der Waals surface area contributed by atoms with E-state index in [1.807, 2.05) is 0 Å². The summed E-state index contributed by atoms with van der Waals surface area (Å²) in [4.78, 5) is 2.71. The molecule has 0 aromatic carbocycles. The van der Waals surface area contributed by atoms with Gasteiger partial charge >= 0.3 is 0 Å². The Bertz CT molecular complexity index is 305. The van der Waals surface area contributed by atoms with Crippen molar-refractivity contribution in [3.63, 3.8) is 0 Å². The molecule has 4 atom stereocenters. The zero-order valence-electron chi connectivity index (χ0n) is 11.3. The van der Waals surface area contributed by atoms with Gasteiger partial charge in [0.15, 0.2) is 0 Å². The van der Waals surface area contributed by atoms with E-state index in [4.69, 9.17) is 4.74 Å². The van der Waals surface area contributed by atoms with Crippen LogP contribution in [-0.2, 0) is 4.74 Å². The molecule has 4 rings (SSSR count). The van der Waals surface area contributed by atoms with E-state index in [1.165, 1.54) is 58.0 Å². The Morgan fingerprint density at radius 1 is 1.00 bits per heavy atom. The van der Waals surface area contributed by atoms with Crippen LogP contribution in [0.4, 0.5) is 0 Å². The van der Waals surface area contributed by atoms with Crippen molar-refractivity contribution in [3.05, 3.63) is 0 Å². The van der Waals surface area contributed by atoms with Crippen molar-refractivity contribution in [1.29, 1.82) is 0 Å². The number of rotatable bonds is 3. The van der Waals surface area contributed by atoms with Crippen LogP contribution in [0.5, 0.6) is 0 Å². The first kappa shape index (κ1) is 11.7. The molecule has 0 unspecified atom stereocenters. The second-order valence-electron chi connectivity index (χ2n) is 6.78. The quantitative estimate of drug-likeness (QED) is 0.826. The average molecular weight is 250 g/mol. The maximum absolute atomic E-state index is 5.87. The Kier molecular flexibility index (Phi) is 3.10. The van der Waals surface area contributed by atoms with Crippen LogP contribution in [0, 0.1) is 5.92 Å². The van der Waals surface area contributed by atoms with Gasteiger partial charge in [0.1, 0.15) is 0 Å². The highest BCUT2D eigenvalue weighted by Gasteiger charge is 2.40. The summed E-state index contributed by atoms with van der Waals surface area (Å²) < 4.78 is 5.87. The minimum absolute atomic E-state index is 0.581. The fourth-order valence-corrected chi connectivity index (χ4v) is 4.38. The molecule has 2 aliphatic carbocycles. The van der Waals surface area contributed by atoms with E-state index in [1.54, 1.807) is 0 Å². The van der Waals surface area contributed by atoms with Gasteiger partial charge in [-0.1, -0.05) is 0 Å². The lowest BCUT2D eigenvalue weighted by Crippen LogP contribution is -2.48. The zero-order valence-corrected chi connectivity index (χ0v) is 11.3. The van der Waals surface area contributed by atoms with Gasteiger partial charge in [0, 0.05) is 43.7 Å². The fourth-order valence-electron chi connectivity index (χ4n) is 4.38. The van der Waals surface area contributed by atoms with Gasteiger partial charge in [0.05, 0.1) is 6.10 Å². The number of ether oxygens (including phenoxy) is 1. The van der Waals surface area contributed by atoms with Gasteiger partial charge in [-0.25, -0.2) is 0 Å². The van der Waals surface area contributed by atoms with Crippen molar-refractivity contribution >= 4 is 0 Å². The van der Waals surface area contributed by atoms with Crippen LogP contribution >= 0.6 is 0 Å². The number of hydrogen-bond donors (Lipinski definition) is 1. The van der Waals surface area contributed by atoms with E-state index in [0.717, 1.165) is 30.7 Å². The van der Waals surface area contributed by atoms with Crippen molar-refractivity contribution in [1.82, 2.24) is 10.2 Å². The maximum Gasteiger partial charge on any atom is 0.0619 e. The molecule has 1 N–H and O–H groups in total. The standard InChI is InChI=1S/C15H26N2O/c1-2-14(13-7-9-18-15(13)3-1)16-11-6-8-17(10-11)12-4-5-12/h11-16H,1-10H2/t11-,13-,14+,15-/m1/s1. The van der Waals surface area contributed by atoms with Crippen LogP contribution in [0.15, 0.2) is 0 Å². The first-order chi connectivity index (χ1) is 8.90. The van der Waals surface area contributed by atoms with E-state index in [-0.39, 0.29) is 0 Å². The SMILES string of the molecule is C1C[C@H](N[C@@H]2CCN(C3CC3)C2)[C@H]2CCO[C@@H]2C1. The molecule has 2 aliphatic heterocycles. The minimum atomic E-state index is 0.581. The second-order valence-corrected chi connectivity index (χ2v) is 6.78. The first-order valence-electron chi connectivity index (χ1n) is 8.02. The van der Waals surface area contributed by atoms with E-state index >= 15 is 0 Å². The van der Waals surface area contributed by atoms with Crippen molar-refractivity contribution in [3.8, 4) is 0 Å². The molecule has 0 aromatic rings. The zero-order chi connectivity index (χ0) is 11.9. The topological polar surface area (TPSA) is 24.5 Å². The monoisotopic (exact) mass is 250 g/mol. The normalized spacial score (nSPS) is 45.3. The predicted octanol–water partition coefficient (Wildman–Crippen LogP) is 1.77. The summed E-state index contributed by atoms with van der Waals surface area (Å²) in [5.41, 5.74) is 0. The molecule has 2 heterocycles. The lowest BCUT2D eigenvalue weighted by molar-refractivity contribution is 0.0512. The van der Waals surface area contributed by atoms with Crippen LogP contribution < -0.4 is 5.32 Å². The third-order valence-corrected chi connectivity index (χ3v) is 5.51. The summed E-state index contributed by atoms with van der Waals surface area (Å²) in [6.07, 6.45) is 10.2. The molecule has 0 radical (unpaired) electrons. The van der Waals surface area contributed by atoms with Gasteiger partial charge in [-0.15, -0.1) is 0 Å². The average Bonchev–Trinajstić information content (AvgIpc) is 2.94. The molecule has 3 nitrogen and oxygen atoms in total. The third kappa shape index (κ3) is 2.21. The molecule has 0 aromatic heterocycles. The smallest absolute Gasteiger partial charge is 0.0619 e. The molecule has 2 saturated heterocycles. The Hall–Kier alpha value is -0.120. The minimum Gasteiger partial charge on any atom is -0.378 e. The molecule has 0 amide bonds. The lowest BCUT2D eigenvalue weighted by atomic mass is 9.81. The van der Waals surface area contributed by atoms with Gasteiger partial charge in [-0.2, -0.15) is 0 Å². The number of nitrogens with zero attached hydrogens (tertiary/aromatic N) is 1. The Balaban J connectivity index is 1.33. The summed E-state index contributed by atoms with van der Waals surface area (Å²) in [5, 5.41) is 3.98. The van der Waals surface area contributed by atoms with E-state index in [9.17, 15) is 0 Å². The van der Waals surface area contributed by atoms with Crippen molar-refractivity contribution in [2.75, 3.05) is 19.7 Å². The molecule has 0 spiro atoms. The Morgan fingerprint density at radius 2 is 1.94 bits per heavy atom. The van der Waals surface area contributed by atoms with Crippen molar-refractivity contribution in [2.24, 2.45) is 5.92 Å². The van der Waals surface area contributed by atoms with Gasteiger partial charge in [-0.3, -0.25) is 4.90 Å². The van der Waals surface area contributed by atoms with Crippen LogP contribution in [0.2, 0.25) is 0 Å².